The Kier molecular flexibility index (Phi) is 4.87. The van der Waals surface area contributed by atoms with Gasteiger partial charge < -0.3 is 0 Å². The van der Waals surface area contributed by atoms with Gasteiger partial charge in [0.25, 0.3) is 0 Å². The van der Waals surface area contributed by atoms with Crippen molar-refractivity contribution in [3.8, 4) is 0 Å². The number of hydrogen-bond acceptors (Lipinski definition) is 2. The number of rotatable bonds is 3. The van der Waals surface area contributed by atoms with E-state index in [1.54, 1.807) is 0 Å². The van der Waals surface area contributed by atoms with Gasteiger partial charge >= 0.3 is 0 Å². The molecule has 0 aromatic carbocycles. The summed E-state index contributed by atoms with van der Waals surface area (Å²) in [6.45, 7) is 6.77. The molecule has 62 valence electrons. The van der Waals surface area contributed by atoms with Crippen molar-refractivity contribution in [3.05, 3.63) is 0 Å². The van der Waals surface area contributed by atoms with Gasteiger partial charge in [0.15, 0.2) is 0 Å². The predicted octanol–water partition coefficient (Wildman–Crippen LogP) is 2.90. The maximum Gasteiger partial charge on any atom is -0.00615 e. The molecule has 0 bridgehead atoms. The van der Waals surface area contributed by atoms with Crippen LogP contribution in [0.4, 0.5) is 0 Å². The van der Waals surface area contributed by atoms with E-state index < -0.39 is 0 Å². The van der Waals surface area contributed by atoms with Crippen LogP contribution in [0.25, 0.3) is 0 Å². The van der Waals surface area contributed by atoms with Gasteiger partial charge in [0.2, 0.25) is 0 Å². The van der Waals surface area contributed by atoms with Gasteiger partial charge in [0.05, 0.1) is 0 Å². The maximum atomic E-state index is 4.26. The fraction of sp³-hybridized carbons (Fsp3) is 1.00. The SMILES string of the molecule is CC(C)(C)CC(CS)CS. The highest BCUT2D eigenvalue weighted by Crippen LogP contribution is 2.25. The van der Waals surface area contributed by atoms with E-state index in [2.05, 4.69) is 46.0 Å². The van der Waals surface area contributed by atoms with Crippen molar-refractivity contribution in [2.45, 2.75) is 27.2 Å². The molecule has 0 aliphatic rings. The van der Waals surface area contributed by atoms with E-state index in [9.17, 15) is 0 Å². The van der Waals surface area contributed by atoms with Crippen LogP contribution in [0.1, 0.15) is 27.2 Å². The van der Waals surface area contributed by atoms with Crippen LogP contribution in [0.5, 0.6) is 0 Å². The van der Waals surface area contributed by atoms with Crippen molar-refractivity contribution in [2.75, 3.05) is 11.5 Å². The Morgan fingerprint density at radius 1 is 1.10 bits per heavy atom. The van der Waals surface area contributed by atoms with Crippen LogP contribution in [0, 0.1) is 11.3 Å². The van der Waals surface area contributed by atoms with Crippen LogP contribution >= 0.6 is 25.3 Å². The molecule has 0 atom stereocenters. The minimum absolute atomic E-state index is 0.427. The zero-order valence-electron chi connectivity index (χ0n) is 7.09. The summed E-state index contributed by atoms with van der Waals surface area (Å²) in [5.41, 5.74) is 0.427. The zero-order chi connectivity index (χ0) is 8.20. The van der Waals surface area contributed by atoms with Crippen molar-refractivity contribution in [3.63, 3.8) is 0 Å². The van der Waals surface area contributed by atoms with Crippen molar-refractivity contribution >= 4 is 25.3 Å². The molecule has 0 aliphatic heterocycles. The molecule has 0 N–H and O–H groups in total. The van der Waals surface area contributed by atoms with E-state index in [1.165, 1.54) is 6.42 Å². The third-order valence-electron chi connectivity index (χ3n) is 1.42. The first-order valence-electron chi connectivity index (χ1n) is 3.71. The molecule has 0 aromatic rings. The third kappa shape index (κ3) is 5.48. The monoisotopic (exact) mass is 178 g/mol. The first-order chi connectivity index (χ1) is 4.49. The summed E-state index contributed by atoms with van der Waals surface area (Å²) >= 11 is 8.52. The molecule has 0 aromatic heterocycles. The van der Waals surface area contributed by atoms with Crippen LogP contribution in [-0.2, 0) is 0 Å². The molecule has 0 amide bonds. The second kappa shape index (κ2) is 4.55. The number of hydrogen-bond donors (Lipinski definition) is 2. The van der Waals surface area contributed by atoms with Crippen molar-refractivity contribution in [1.82, 2.24) is 0 Å². The molecule has 0 fully saturated rings. The van der Waals surface area contributed by atoms with Gasteiger partial charge in [-0.15, -0.1) is 0 Å². The highest BCUT2D eigenvalue weighted by molar-refractivity contribution is 7.81. The summed E-state index contributed by atoms with van der Waals surface area (Å²) in [5, 5.41) is 0. The summed E-state index contributed by atoms with van der Waals surface area (Å²) in [6, 6.07) is 0. The molecular weight excluding hydrogens is 160 g/mol. The molecule has 0 unspecified atom stereocenters. The average molecular weight is 178 g/mol. The Bertz CT molecular complexity index is 79.7. The summed E-state index contributed by atoms with van der Waals surface area (Å²) in [5.74, 6) is 2.59. The molecule has 0 aliphatic carbocycles. The van der Waals surface area contributed by atoms with Gasteiger partial charge in [-0.3, -0.25) is 0 Å². The lowest BCUT2D eigenvalue weighted by Crippen LogP contribution is -2.15. The number of thiol groups is 2. The Morgan fingerprint density at radius 3 is 1.60 bits per heavy atom. The van der Waals surface area contributed by atoms with Crippen LogP contribution in [0.3, 0.4) is 0 Å². The Balaban J connectivity index is 3.63. The van der Waals surface area contributed by atoms with E-state index in [0.717, 1.165) is 11.5 Å². The fourth-order valence-corrected chi connectivity index (χ4v) is 1.77. The highest BCUT2D eigenvalue weighted by atomic mass is 32.1. The minimum Gasteiger partial charge on any atom is -0.179 e. The molecule has 0 spiro atoms. The first kappa shape index (κ1) is 10.7. The second-order valence-corrected chi connectivity index (χ2v) is 4.73. The fourth-order valence-electron chi connectivity index (χ4n) is 1.05. The molecule has 0 saturated carbocycles. The van der Waals surface area contributed by atoms with Crippen LogP contribution in [0.15, 0.2) is 0 Å². The summed E-state index contributed by atoms with van der Waals surface area (Å²) < 4.78 is 0. The Labute approximate surface area is 75.6 Å². The van der Waals surface area contributed by atoms with Crippen molar-refractivity contribution < 1.29 is 0 Å². The molecule has 0 nitrogen and oxygen atoms in total. The van der Waals surface area contributed by atoms with Crippen LogP contribution < -0.4 is 0 Å². The highest BCUT2D eigenvalue weighted by Gasteiger charge is 2.15. The smallest absolute Gasteiger partial charge is 0.00615 e. The third-order valence-corrected chi connectivity index (χ3v) is 2.45. The van der Waals surface area contributed by atoms with Crippen molar-refractivity contribution in [2.24, 2.45) is 11.3 Å². The predicted molar refractivity (Wildman–Crippen MR) is 55.3 cm³/mol. The van der Waals surface area contributed by atoms with E-state index in [0.29, 0.717) is 11.3 Å². The Morgan fingerprint density at radius 2 is 1.50 bits per heavy atom. The van der Waals surface area contributed by atoms with E-state index >= 15 is 0 Å². The summed E-state index contributed by atoms with van der Waals surface area (Å²) in [7, 11) is 0. The standard InChI is InChI=1S/C8H18S2/c1-8(2,3)4-7(5-9)6-10/h7,9-10H,4-6H2,1-3H3. The lowest BCUT2D eigenvalue weighted by atomic mass is 9.86. The molecule has 0 rings (SSSR count). The lowest BCUT2D eigenvalue weighted by molar-refractivity contribution is 0.326. The summed E-state index contributed by atoms with van der Waals surface area (Å²) in [4.78, 5) is 0. The maximum absolute atomic E-state index is 4.26. The van der Waals surface area contributed by atoms with Gasteiger partial charge in [-0.25, -0.2) is 0 Å². The topological polar surface area (TPSA) is 0 Å². The van der Waals surface area contributed by atoms with E-state index in [4.69, 9.17) is 0 Å². The van der Waals surface area contributed by atoms with E-state index in [-0.39, 0.29) is 0 Å². The zero-order valence-corrected chi connectivity index (χ0v) is 8.88. The first-order valence-corrected chi connectivity index (χ1v) is 4.98. The molecular formula is C8H18S2. The van der Waals surface area contributed by atoms with Gasteiger partial charge in [-0.05, 0) is 29.3 Å². The van der Waals surface area contributed by atoms with E-state index in [1.807, 2.05) is 0 Å². The van der Waals surface area contributed by atoms with Crippen molar-refractivity contribution in [1.29, 1.82) is 0 Å². The Hall–Kier alpha value is 0.700. The average Bonchev–Trinajstić information content (AvgIpc) is 1.81. The quantitative estimate of drug-likeness (QED) is 0.610. The van der Waals surface area contributed by atoms with Gasteiger partial charge in [-0.1, -0.05) is 20.8 Å². The van der Waals surface area contributed by atoms with Crippen LogP contribution in [0.2, 0.25) is 0 Å². The molecule has 0 radical (unpaired) electrons. The molecule has 0 heterocycles. The lowest BCUT2D eigenvalue weighted by Gasteiger charge is -2.23. The van der Waals surface area contributed by atoms with Gasteiger partial charge in [0.1, 0.15) is 0 Å². The van der Waals surface area contributed by atoms with Gasteiger partial charge in [0, 0.05) is 0 Å². The molecule has 0 saturated heterocycles. The molecule has 10 heavy (non-hydrogen) atoms. The second-order valence-electron chi connectivity index (χ2n) is 4.00. The van der Waals surface area contributed by atoms with Crippen LogP contribution in [-0.4, -0.2) is 11.5 Å². The van der Waals surface area contributed by atoms with Gasteiger partial charge in [-0.2, -0.15) is 25.3 Å². The summed E-state index contributed by atoms with van der Waals surface area (Å²) in [6.07, 6.45) is 1.22. The minimum atomic E-state index is 0.427. The largest absolute Gasteiger partial charge is 0.179 e. The normalized spacial score (nSPS) is 12.6. The molecule has 2 heteroatoms.